The second kappa shape index (κ2) is 6.11. The molecule has 3 atom stereocenters. The summed E-state index contributed by atoms with van der Waals surface area (Å²) in [5.74, 6) is 0.443. The average molecular weight is 370 g/mol. The Morgan fingerprint density at radius 3 is 2.27 bits per heavy atom. The molecule has 0 spiro atoms. The standard InChI is InChI=1S/C17H24BrNO3/c1-20-10-16-5-6-17(22-16,11-21-2)9-13(8-16)12-3-4-15(19)14(18)7-12/h3-4,7,13H,5-6,8-11,19H2,1-2H3/t13-,16+,17-. The number of benzene rings is 1. The molecular formula is C17H24BrNO3. The van der Waals surface area contributed by atoms with Gasteiger partial charge in [-0.1, -0.05) is 6.07 Å². The number of nitrogen functional groups attached to an aromatic ring is 1. The van der Waals surface area contributed by atoms with E-state index >= 15 is 0 Å². The van der Waals surface area contributed by atoms with Crippen LogP contribution < -0.4 is 5.73 Å². The van der Waals surface area contributed by atoms with Crippen molar-refractivity contribution in [2.24, 2.45) is 0 Å². The Hall–Kier alpha value is -0.620. The van der Waals surface area contributed by atoms with Gasteiger partial charge in [-0.05, 0) is 65.2 Å². The van der Waals surface area contributed by atoms with Crippen LogP contribution in [0.4, 0.5) is 5.69 Å². The predicted octanol–water partition coefficient (Wildman–Crippen LogP) is 3.49. The van der Waals surface area contributed by atoms with Gasteiger partial charge in [-0.15, -0.1) is 0 Å². The molecule has 0 saturated carbocycles. The maximum atomic E-state index is 6.47. The highest BCUT2D eigenvalue weighted by Gasteiger charge is 2.55. The molecule has 2 heterocycles. The summed E-state index contributed by atoms with van der Waals surface area (Å²) in [7, 11) is 3.50. The lowest BCUT2D eigenvalue weighted by atomic mass is 9.80. The lowest BCUT2D eigenvalue weighted by Gasteiger charge is -2.44. The molecule has 2 aliphatic rings. The van der Waals surface area contributed by atoms with E-state index in [9.17, 15) is 0 Å². The van der Waals surface area contributed by atoms with Gasteiger partial charge in [0.15, 0.2) is 0 Å². The maximum absolute atomic E-state index is 6.47. The van der Waals surface area contributed by atoms with Gasteiger partial charge in [0.25, 0.3) is 0 Å². The van der Waals surface area contributed by atoms with E-state index in [0.29, 0.717) is 19.1 Å². The van der Waals surface area contributed by atoms with Gasteiger partial charge >= 0.3 is 0 Å². The largest absolute Gasteiger partial charge is 0.398 e. The van der Waals surface area contributed by atoms with Crippen molar-refractivity contribution in [1.29, 1.82) is 0 Å². The summed E-state index contributed by atoms with van der Waals surface area (Å²) < 4.78 is 18.4. The van der Waals surface area contributed by atoms with Gasteiger partial charge in [-0.2, -0.15) is 0 Å². The lowest BCUT2D eigenvalue weighted by Crippen LogP contribution is -2.48. The molecule has 122 valence electrons. The van der Waals surface area contributed by atoms with Crippen molar-refractivity contribution in [3.8, 4) is 0 Å². The number of nitrogens with two attached hydrogens (primary N) is 1. The quantitative estimate of drug-likeness (QED) is 0.807. The molecule has 1 aromatic rings. The van der Waals surface area contributed by atoms with Crippen LogP contribution in [-0.2, 0) is 14.2 Å². The number of hydrogen-bond acceptors (Lipinski definition) is 4. The first-order valence-corrected chi connectivity index (χ1v) is 8.54. The number of halogens is 1. The first kappa shape index (κ1) is 16.2. The molecule has 0 radical (unpaired) electrons. The molecule has 0 aromatic heterocycles. The molecule has 4 nitrogen and oxygen atoms in total. The van der Waals surface area contributed by atoms with Crippen LogP contribution in [0.5, 0.6) is 0 Å². The van der Waals surface area contributed by atoms with Gasteiger partial charge in [-0.25, -0.2) is 0 Å². The average Bonchev–Trinajstić information content (AvgIpc) is 2.74. The first-order chi connectivity index (χ1) is 10.5. The van der Waals surface area contributed by atoms with Crippen LogP contribution in [0.2, 0.25) is 0 Å². The molecule has 5 heteroatoms. The van der Waals surface area contributed by atoms with Crippen LogP contribution >= 0.6 is 15.9 Å². The van der Waals surface area contributed by atoms with Crippen molar-refractivity contribution < 1.29 is 14.2 Å². The molecule has 2 saturated heterocycles. The van der Waals surface area contributed by atoms with Crippen molar-refractivity contribution in [2.45, 2.75) is 42.8 Å². The Kier molecular flexibility index (Phi) is 4.52. The second-order valence-electron chi connectivity index (χ2n) is 6.72. The van der Waals surface area contributed by atoms with Gasteiger partial charge in [0.05, 0.1) is 24.4 Å². The lowest BCUT2D eigenvalue weighted by molar-refractivity contribution is -0.184. The Labute approximate surface area is 140 Å². The van der Waals surface area contributed by atoms with E-state index < -0.39 is 0 Å². The number of hydrogen-bond donors (Lipinski definition) is 1. The van der Waals surface area contributed by atoms with Crippen LogP contribution in [0.15, 0.2) is 22.7 Å². The molecule has 2 bridgehead atoms. The van der Waals surface area contributed by atoms with Gasteiger partial charge in [0.2, 0.25) is 0 Å². The van der Waals surface area contributed by atoms with E-state index in [1.807, 2.05) is 6.07 Å². The topological polar surface area (TPSA) is 53.7 Å². The molecule has 2 aliphatic heterocycles. The van der Waals surface area contributed by atoms with Crippen LogP contribution in [0.25, 0.3) is 0 Å². The Bertz CT molecular complexity index is 531. The number of methoxy groups -OCH3 is 2. The third-order valence-corrected chi connectivity index (χ3v) is 5.70. The van der Waals surface area contributed by atoms with Gasteiger partial charge < -0.3 is 19.9 Å². The molecule has 3 rings (SSSR count). The third-order valence-electron chi connectivity index (χ3n) is 5.02. The Morgan fingerprint density at radius 1 is 1.18 bits per heavy atom. The monoisotopic (exact) mass is 369 g/mol. The van der Waals surface area contributed by atoms with Gasteiger partial charge in [-0.3, -0.25) is 0 Å². The maximum Gasteiger partial charge on any atom is 0.0930 e. The predicted molar refractivity (Wildman–Crippen MR) is 90.1 cm³/mol. The van der Waals surface area contributed by atoms with Crippen molar-refractivity contribution >= 4 is 21.6 Å². The fraction of sp³-hybridized carbons (Fsp3) is 0.647. The van der Waals surface area contributed by atoms with Crippen LogP contribution in [0.3, 0.4) is 0 Å². The highest BCUT2D eigenvalue weighted by atomic mass is 79.9. The zero-order valence-corrected chi connectivity index (χ0v) is 14.8. The molecular weight excluding hydrogens is 346 g/mol. The molecule has 0 aliphatic carbocycles. The SMILES string of the molecule is COC[C@@]12CC[C@@](COC)(C[C@@H](c3ccc(N)c(Br)c3)C1)O2. The zero-order valence-electron chi connectivity index (χ0n) is 13.2. The summed E-state index contributed by atoms with van der Waals surface area (Å²) >= 11 is 3.54. The Balaban J connectivity index is 1.90. The summed E-state index contributed by atoms with van der Waals surface area (Å²) in [6.45, 7) is 1.29. The molecule has 1 aromatic carbocycles. The third kappa shape index (κ3) is 2.92. The van der Waals surface area contributed by atoms with E-state index in [0.717, 1.165) is 35.8 Å². The summed E-state index contributed by atoms with van der Waals surface area (Å²) in [5, 5.41) is 0. The fourth-order valence-electron chi connectivity index (χ4n) is 4.15. The van der Waals surface area contributed by atoms with Crippen molar-refractivity contribution in [3.63, 3.8) is 0 Å². The molecule has 0 amide bonds. The Morgan fingerprint density at radius 2 is 1.77 bits per heavy atom. The highest BCUT2D eigenvalue weighted by molar-refractivity contribution is 9.10. The van der Waals surface area contributed by atoms with Crippen molar-refractivity contribution in [3.05, 3.63) is 28.2 Å². The summed E-state index contributed by atoms with van der Waals surface area (Å²) in [6, 6.07) is 6.26. The normalized spacial score (nSPS) is 34.0. The minimum Gasteiger partial charge on any atom is -0.398 e. The number of ether oxygens (including phenoxy) is 3. The van der Waals surface area contributed by atoms with E-state index in [1.54, 1.807) is 14.2 Å². The van der Waals surface area contributed by atoms with E-state index in [1.165, 1.54) is 5.56 Å². The summed E-state index contributed by atoms with van der Waals surface area (Å²) in [5.41, 5.74) is 7.66. The van der Waals surface area contributed by atoms with Gasteiger partial charge in [0.1, 0.15) is 0 Å². The zero-order chi connectivity index (χ0) is 15.8. The molecule has 2 fully saturated rings. The van der Waals surface area contributed by atoms with E-state index in [4.69, 9.17) is 19.9 Å². The van der Waals surface area contributed by atoms with Crippen LogP contribution in [0.1, 0.15) is 37.2 Å². The number of rotatable bonds is 5. The number of anilines is 1. The van der Waals surface area contributed by atoms with Crippen molar-refractivity contribution in [2.75, 3.05) is 33.2 Å². The highest BCUT2D eigenvalue weighted by Crippen LogP contribution is 2.53. The number of fused-ring (bicyclic) bond motifs is 2. The fourth-order valence-corrected chi connectivity index (χ4v) is 4.55. The molecule has 22 heavy (non-hydrogen) atoms. The smallest absolute Gasteiger partial charge is 0.0930 e. The summed E-state index contributed by atoms with van der Waals surface area (Å²) in [6.07, 6.45) is 4.05. The molecule has 0 unspecified atom stereocenters. The van der Waals surface area contributed by atoms with Crippen LogP contribution in [-0.4, -0.2) is 38.6 Å². The minimum atomic E-state index is -0.177. The second-order valence-corrected chi connectivity index (χ2v) is 7.57. The first-order valence-electron chi connectivity index (χ1n) is 7.74. The molecule has 2 N–H and O–H groups in total. The van der Waals surface area contributed by atoms with Gasteiger partial charge in [0, 0.05) is 24.4 Å². The van der Waals surface area contributed by atoms with Crippen molar-refractivity contribution in [1.82, 2.24) is 0 Å². The minimum absolute atomic E-state index is 0.177. The van der Waals surface area contributed by atoms with E-state index in [2.05, 4.69) is 28.1 Å². The summed E-state index contributed by atoms with van der Waals surface area (Å²) in [4.78, 5) is 0. The van der Waals surface area contributed by atoms with Crippen LogP contribution in [0, 0.1) is 0 Å². The van der Waals surface area contributed by atoms with E-state index in [-0.39, 0.29) is 11.2 Å².